The van der Waals surface area contributed by atoms with E-state index in [0.29, 0.717) is 18.7 Å². The number of amides is 1. The molecule has 192 valence electrons. The summed E-state index contributed by atoms with van der Waals surface area (Å²) in [5, 5.41) is 9.83. The van der Waals surface area contributed by atoms with Crippen LogP contribution in [-0.2, 0) is 19.3 Å². The van der Waals surface area contributed by atoms with Gasteiger partial charge in [0.05, 0.1) is 5.56 Å². The molecule has 2 N–H and O–H groups in total. The van der Waals surface area contributed by atoms with E-state index in [2.05, 4.69) is 25.4 Å². The molecule has 3 heterocycles. The first kappa shape index (κ1) is 24.8. The molecular weight excluding hydrogens is 483 g/mol. The topological polar surface area (TPSA) is 73.6 Å². The highest BCUT2D eigenvalue weighted by Gasteiger charge is 2.30. The van der Waals surface area contributed by atoms with Gasteiger partial charge in [0.15, 0.2) is 0 Å². The molecular formula is C27H26F3N5O2. The summed E-state index contributed by atoms with van der Waals surface area (Å²) in [6.45, 7) is 4.42. The summed E-state index contributed by atoms with van der Waals surface area (Å²) in [4.78, 5) is 20.7. The summed E-state index contributed by atoms with van der Waals surface area (Å²) in [6, 6.07) is 16.5. The number of carbonyl (C=O) groups is 1. The molecule has 0 spiro atoms. The van der Waals surface area contributed by atoms with Crippen LogP contribution in [-0.4, -0.2) is 51.7 Å². The lowest BCUT2D eigenvalue weighted by Gasteiger charge is -2.36. The fourth-order valence-corrected chi connectivity index (χ4v) is 4.71. The Labute approximate surface area is 211 Å². The lowest BCUT2D eigenvalue weighted by Crippen LogP contribution is -2.46. The summed E-state index contributed by atoms with van der Waals surface area (Å²) in [5.74, 6) is -0.552. The van der Waals surface area contributed by atoms with Gasteiger partial charge in [-0.1, -0.05) is 24.3 Å². The summed E-state index contributed by atoms with van der Waals surface area (Å²) in [5.41, 5.74) is 5.22. The number of alkyl halides is 3. The van der Waals surface area contributed by atoms with Gasteiger partial charge in [0.1, 0.15) is 5.65 Å². The number of nitrogens with one attached hydrogen (secondary N) is 1. The van der Waals surface area contributed by atoms with Gasteiger partial charge in [0.2, 0.25) is 0 Å². The number of halogens is 3. The minimum absolute atomic E-state index is 0.376. The second kappa shape index (κ2) is 10.2. The highest BCUT2D eigenvalue weighted by atomic mass is 19.4. The lowest BCUT2D eigenvalue weighted by atomic mass is 10.1. The molecule has 1 fully saturated rings. The molecule has 0 bridgehead atoms. The molecule has 5 rings (SSSR count). The van der Waals surface area contributed by atoms with E-state index < -0.39 is 17.6 Å². The first-order chi connectivity index (χ1) is 17.8. The van der Waals surface area contributed by atoms with Gasteiger partial charge in [-0.3, -0.25) is 14.9 Å². The van der Waals surface area contributed by atoms with Crippen molar-refractivity contribution in [3.63, 3.8) is 0 Å². The molecule has 37 heavy (non-hydrogen) atoms. The number of hydrogen-bond donors (Lipinski definition) is 2. The standard InChI is InChI=1S/C27H26F3N5O2/c28-27(29,30)22-7-3-19(4-8-22)17-33-13-15-34(16-14-33)24-9-11-31-25-23(24)10-12-35(25)18-20-1-5-21(6-2-20)26(36)32-37/h1-12,37H,13-18H2,(H,32,36). The van der Waals surface area contributed by atoms with Gasteiger partial charge in [0.25, 0.3) is 5.91 Å². The molecule has 1 aliphatic heterocycles. The first-order valence-corrected chi connectivity index (χ1v) is 11.9. The van der Waals surface area contributed by atoms with Crippen LogP contribution >= 0.6 is 0 Å². The molecule has 0 radical (unpaired) electrons. The fraction of sp³-hybridized carbons (Fsp3) is 0.259. The van der Waals surface area contributed by atoms with Crippen LogP contribution < -0.4 is 10.4 Å². The van der Waals surface area contributed by atoms with E-state index in [0.717, 1.165) is 66.2 Å². The second-order valence-electron chi connectivity index (χ2n) is 9.11. The number of aromatic nitrogens is 2. The Balaban J connectivity index is 1.24. The second-order valence-corrected chi connectivity index (χ2v) is 9.11. The number of piperazine rings is 1. The predicted molar refractivity (Wildman–Crippen MR) is 133 cm³/mol. The summed E-state index contributed by atoms with van der Waals surface area (Å²) in [6.07, 6.45) is -0.518. The molecule has 10 heteroatoms. The number of fused-ring (bicyclic) bond motifs is 1. The van der Waals surface area contributed by atoms with Gasteiger partial charge < -0.3 is 9.47 Å². The maximum Gasteiger partial charge on any atom is 0.416 e. The molecule has 1 amide bonds. The van der Waals surface area contributed by atoms with Gasteiger partial charge in [-0.15, -0.1) is 0 Å². The zero-order valence-electron chi connectivity index (χ0n) is 19.9. The summed E-state index contributed by atoms with van der Waals surface area (Å²) >= 11 is 0. The molecule has 1 aliphatic rings. The largest absolute Gasteiger partial charge is 0.416 e. The lowest BCUT2D eigenvalue weighted by molar-refractivity contribution is -0.137. The van der Waals surface area contributed by atoms with Crippen molar-refractivity contribution < 1.29 is 23.2 Å². The van der Waals surface area contributed by atoms with Crippen molar-refractivity contribution in [2.24, 2.45) is 0 Å². The fourth-order valence-electron chi connectivity index (χ4n) is 4.71. The van der Waals surface area contributed by atoms with E-state index in [9.17, 15) is 18.0 Å². The van der Waals surface area contributed by atoms with Crippen LogP contribution in [0.25, 0.3) is 11.0 Å². The van der Waals surface area contributed by atoms with Crippen molar-refractivity contribution in [1.29, 1.82) is 0 Å². The molecule has 2 aromatic heterocycles. The van der Waals surface area contributed by atoms with Crippen LogP contribution in [0.15, 0.2) is 73.1 Å². The van der Waals surface area contributed by atoms with E-state index >= 15 is 0 Å². The van der Waals surface area contributed by atoms with Gasteiger partial charge in [-0.2, -0.15) is 13.2 Å². The maximum atomic E-state index is 12.8. The van der Waals surface area contributed by atoms with Crippen LogP contribution in [0, 0.1) is 0 Å². The summed E-state index contributed by atoms with van der Waals surface area (Å²) in [7, 11) is 0. The van der Waals surface area contributed by atoms with Crippen molar-refractivity contribution in [3.05, 3.63) is 95.3 Å². The highest BCUT2D eigenvalue weighted by molar-refractivity contribution is 5.93. The molecule has 4 aromatic rings. The van der Waals surface area contributed by atoms with E-state index in [1.54, 1.807) is 35.9 Å². The molecule has 2 aromatic carbocycles. The average molecular weight is 510 g/mol. The highest BCUT2D eigenvalue weighted by Crippen LogP contribution is 2.30. The molecule has 7 nitrogen and oxygen atoms in total. The Bertz CT molecular complexity index is 1380. The van der Waals surface area contributed by atoms with E-state index in [-0.39, 0.29) is 0 Å². The van der Waals surface area contributed by atoms with Crippen molar-refractivity contribution in [2.45, 2.75) is 19.3 Å². The zero-order chi connectivity index (χ0) is 26.0. The summed E-state index contributed by atoms with van der Waals surface area (Å²) < 4.78 is 40.5. The number of anilines is 1. The number of nitrogens with zero attached hydrogens (tertiary/aromatic N) is 4. The van der Waals surface area contributed by atoms with Gasteiger partial charge in [-0.05, 0) is 47.5 Å². The van der Waals surface area contributed by atoms with Crippen LogP contribution in [0.3, 0.4) is 0 Å². The first-order valence-electron chi connectivity index (χ1n) is 11.9. The predicted octanol–water partition coefficient (Wildman–Crippen LogP) is 4.54. The van der Waals surface area contributed by atoms with Crippen molar-refractivity contribution >= 4 is 22.6 Å². The Morgan fingerprint density at radius 1 is 0.892 bits per heavy atom. The van der Waals surface area contributed by atoms with Gasteiger partial charge in [-0.25, -0.2) is 10.5 Å². The normalized spacial score (nSPS) is 14.8. The monoisotopic (exact) mass is 509 g/mol. The SMILES string of the molecule is O=C(NO)c1ccc(Cn2ccc3c(N4CCN(Cc5ccc(C(F)(F)F)cc5)CC4)ccnc32)cc1. The third-order valence-corrected chi connectivity index (χ3v) is 6.71. The Kier molecular flexibility index (Phi) is 6.86. The maximum absolute atomic E-state index is 12.8. The van der Waals surface area contributed by atoms with Crippen molar-refractivity contribution in [3.8, 4) is 0 Å². The number of benzene rings is 2. The third kappa shape index (κ3) is 5.45. The molecule has 0 saturated carbocycles. The van der Waals surface area contributed by atoms with Crippen molar-refractivity contribution in [2.75, 3.05) is 31.1 Å². The minimum atomic E-state index is -4.32. The molecule has 0 aliphatic carbocycles. The smallest absolute Gasteiger partial charge is 0.368 e. The molecule has 0 unspecified atom stereocenters. The zero-order valence-corrected chi connectivity index (χ0v) is 19.9. The third-order valence-electron chi connectivity index (χ3n) is 6.71. The Morgan fingerprint density at radius 3 is 2.19 bits per heavy atom. The van der Waals surface area contributed by atoms with Crippen LogP contribution in [0.5, 0.6) is 0 Å². The molecule has 1 saturated heterocycles. The number of rotatable bonds is 6. The molecule has 0 atom stereocenters. The van der Waals surface area contributed by atoms with Gasteiger partial charge >= 0.3 is 6.18 Å². The van der Waals surface area contributed by atoms with E-state index in [1.807, 2.05) is 24.4 Å². The van der Waals surface area contributed by atoms with Crippen LogP contribution in [0.4, 0.5) is 18.9 Å². The van der Waals surface area contributed by atoms with Gasteiger partial charge in [0, 0.05) is 68.3 Å². The van der Waals surface area contributed by atoms with Crippen LogP contribution in [0.1, 0.15) is 27.0 Å². The van der Waals surface area contributed by atoms with E-state index in [4.69, 9.17) is 5.21 Å². The Hall–Kier alpha value is -3.89. The number of carbonyl (C=O) groups excluding carboxylic acids is 1. The van der Waals surface area contributed by atoms with E-state index in [1.165, 1.54) is 0 Å². The quantitative estimate of drug-likeness (QED) is 0.295. The number of hydroxylamine groups is 1. The number of hydrogen-bond acceptors (Lipinski definition) is 5. The Morgan fingerprint density at radius 2 is 1.54 bits per heavy atom. The van der Waals surface area contributed by atoms with Crippen LogP contribution in [0.2, 0.25) is 0 Å². The number of pyridine rings is 1. The average Bonchev–Trinajstić information content (AvgIpc) is 3.32. The van der Waals surface area contributed by atoms with Crippen molar-refractivity contribution in [1.82, 2.24) is 19.9 Å². The minimum Gasteiger partial charge on any atom is -0.368 e.